The molecule has 4 heterocycles. The Balaban J connectivity index is 0.000000161. The molecular formula is C68H49IrN4O. The van der Waals surface area contributed by atoms with Crippen molar-refractivity contribution in [3.63, 3.8) is 0 Å². The van der Waals surface area contributed by atoms with Gasteiger partial charge in [-0.05, 0) is 108 Å². The first-order valence-electron chi connectivity index (χ1n) is 25.0. The molecule has 0 saturated heterocycles. The fraction of sp³-hybridized carbons (Fsp3) is 0.0735. The average Bonchev–Trinajstić information content (AvgIpc) is 4.06. The van der Waals surface area contributed by atoms with Crippen molar-refractivity contribution in [3.05, 3.63) is 288 Å². The molecule has 9 aromatic carbocycles. The summed E-state index contributed by atoms with van der Waals surface area (Å²) in [6.45, 7) is 0. The van der Waals surface area contributed by atoms with Crippen LogP contribution in [0.3, 0.4) is 0 Å². The third kappa shape index (κ3) is 10.1. The first-order chi connectivity index (χ1) is 36.2. The minimum Gasteiger partial charge on any atom is -0.500 e. The van der Waals surface area contributed by atoms with E-state index in [4.69, 9.17) is 9.40 Å². The summed E-state index contributed by atoms with van der Waals surface area (Å²) < 4.78 is 8.74. The number of aryl methyl sites for hydroxylation is 4. The van der Waals surface area contributed by atoms with Crippen LogP contribution in [0.1, 0.15) is 33.4 Å². The Bertz CT molecular complexity index is 3890. The van der Waals surface area contributed by atoms with Crippen LogP contribution in [0.25, 0.3) is 83.3 Å². The molecule has 0 spiro atoms. The van der Waals surface area contributed by atoms with Crippen LogP contribution in [0.2, 0.25) is 0 Å². The van der Waals surface area contributed by atoms with Crippen LogP contribution in [0, 0.1) is 18.2 Å². The molecule has 0 bridgehead atoms. The second-order valence-electron chi connectivity index (χ2n) is 18.3. The summed E-state index contributed by atoms with van der Waals surface area (Å²) >= 11 is 0. The van der Waals surface area contributed by atoms with Gasteiger partial charge in [0.1, 0.15) is 5.58 Å². The van der Waals surface area contributed by atoms with Crippen molar-refractivity contribution in [2.24, 2.45) is 0 Å². The molecule has 0 aliphatic heterocycles. The summed E-state index contributed by atoms with van der Waals surface area (Å²) in [4.78, 5) is 14.1. The van der Waals surface area contributed by atoms with Gasteiger partial charge in [0.2, 0.25) is 0 Å². The van der Waals surface area contributed by atoms with E-state index in [0.717, 1.165) is 110 Å². The summed E-state index contributed by atoms with van der Waals surface area (Å²) in [5, 5.41) is 4.47. The first-order valence-corrected chi connectivity index (χ1v) is 25.0. The van der Waals surface area contributed by atoms with Gasteiger partial charge in [-0.25, -0.2) is 0 Å². The van der Waals surface area contributed by atoms with Crippen molar-refractivity contribution in [2.45, 2.75) is 32.1 Å². The van der Waals surface area contributed by atoms with Crippen molar-refractivity contribution in [2.75, 3.05) is 0 Å². The minimum atomic E-state index is 0. The summed E-state index contributed by atoms with van der Waals surface area (Å²) in [6, 6.07) is 87.9. The molecule has 74 heavy (non-hydrogen) atoms. The van der Waals surface area contributed by atoms with Gasteiger partial charge in [0.15, 0.2) is 0 Å². The number of hydrogen-bond acceptors (Lipinski definition) is 4. The summed E-state index contributed by atoms with van der Waals surface area (Å²) in [6.07, 6.45) is 8.65. The maximum Gasteiger partial charge on any atom is 3.00 e. The van der Waals surface area contributed by atoms with Crippen LogP contribution in [0.5, 0.6) is 0 Å². The van der Waals surface area contributed by atoms with Crippen LogP contribution < -0.4 is 0 Å². The van der Waals surface area contributed by atoms with Gasteiger partial charge in [0.05, 0.1) is 22.4 Å². The van der Waals surface area contributed by atoms with Crippen molar-refractivity contribution >= 4 is 43.7 Å². The smallest absolute Gasteiger partial charge is 0.500 e. The summed E-state index contributed by atoms with van der Waals surface area (Å²) in [5.41, 5.74) is 17.9. The second-order valence-corrected chi connectivity index (χ2v) is 18.3. The van der Waals surface area contributed by atoms with E-state index in [1.807, 2.05) is 97.3 Å². The average molecular weight is 1130 g/mol. The van der Waals surface area contributed by atoms with Crippen LogP contribution in [0.4, 0.5) is 0 Å². The fourth-order valence-electron chi connectivity index (χ4n) is 10.0. The molecule has 0 radical (unpaired) electrons. The van der Waals surface area contributed by atoms with E-state index in [0.29, 0.717) is 0 Å². The zero-order valence-electron chi connectivity index (χ0n) is 40.6. The van der Waals surface area contributed by atoms with E-state index < -0.39 is 0 Å². The number of pyridine rings is 2. The number of imidazole rings is 1. The summed E-state index contributed by atoms with van der Waals surface area (Å²) in [5.74, 6) is 0.825. The van der Waals surface area contributed by atoms with E-state index in [9.17, 15) is 0 Å². The number of furan rings is 1. The molecule has 356 valence electrons. The molecule has 6 heteroatoms. The Morgan fingerprint density at radius 1 is 0.432 bits per heavy atom. The Morgan fingerprint density at radius 2 is 1.09 bits per heavy atom. The zero-order chi connectivity index (χ0) is 48.8. The number of rotatable bonds is 12. The normalized spacial score (nSPS) is 11.1. The van der Waals surface area contributed by atoms with Crippen LogP contribution in [-0.4, -0.2) is 19.5 Å². The quantitative estimate of drug-likeness (QED) is 0.114. The SMILES string of the molecule is [Ir+3].[c-]1ccc2c(oc3c4ccccc4ccc23)c1-c1nc2ccccc2n1-c1ccccc1.[c-]1ccccc1-c1cc(CCc2ccccc2Cc2ccccc2CCc2cc[c-]c(-c3ccccn3)c2)ccn1. The van der Waals surface area contributed by atoms with Gasteiger partial charge in [0, 0.05) is 28.9 Å². The topological polar surface area (TPSA) is 56.7 Å². The maximum absolute atomic E-state index is 6.55. The van der Waals surface area contributed by atoms with Gasteiger partial charge < -0.3 is 19.0 Å². The molecule has 0 unspecified atom stereocenters. The molecule has 0 atom stereocenters. The van der Waals surface area contributed by atoms with Crippen LogP contribution >= 0.6 is 0 Å². The fourth-order valence-corrected chi connectivity index (χ4v) is 10.0. The molecule has 0 saturated carbocycles. The molecule has 4 aromatic heterocycles. The third-order valence-electron chi connectivity index (χ3n) is 13.7. The molecule has 0 aliphatic carbocycles. The van der Waals surface area contributed by atoms with E-state index in [-0.39, 0.29) is 20.1 Å². The van der Waals surface area contributed by atoms with Crippen molar-refractivity contribution in [1.29, 1.82) is 0 Å². The van der Waals surface area contributed by atoms with Crippen LogP contribution in [0.15, 0.2) is 241 Å². The Kier molecular flexibility index (Phi) is 14.2. The standard InChI is InChI=1S/C39H32N2.C29H17N2O.Ir/c1-2-14-34(15-3-1)39-28-31(24-26-41-39)21-23-33-13-5-7-17-36(33)29-35-16-6-4-12-32(35)22-20-30-11-10-18-37(27-30)38-19-8-9-25-40-38;1-2-10-20(11-3-1)31-26-16-7-6-15-25(26)30-29(31)24-14-8-13-22-23-18-17-19-9-4-5-12-21(19)27(23)32-28(22)24;/h1-14,16-17,19,24-28H,20-23,29H2;1-13,15-18H;/q-2;-1;+3. The van der Waals surface area contributed by atoms with E-state index in [2.05, 4.69) is 172 Å². The Morgan fingerprint density at radius 3 is 1.88 bits per heavy atom. The monoisotopic (exact) mass is 1130 g/mol. The van der Waals surface area contributed by atoms with Gasteiger partial charge in [-0.3, -0.25) is 4.98 Å². The number of benzene rings is 9. The molecule has 0 aliphatic rings. The summed E-state index contributed by atoms with van der Waals surface area (Å²) in [7, 11) is 0. The largest absolute Gasteiger partial charge is 3.00 e. The molecule has 5 nitrogen and oxygen atoms in total. The van der Waals surface area contributed by atoms with E-state index in [1.54, 1.807) is 0 Å². The predicted octanol–water partition coefficient (Wildman–Crippen LogP) is 16.1. The van der Waals surface area contributed by atoms with Crippen LogP contribution in [-0.2, 0) is 52.2 Å². The Labute approximate surface area is 445 Å². The molecule has 0 amide bonds. The van der Waals surface area contributed by atoms with E-state index >= 15 is 0 Å². The molecular weight excluding hydrogens is 1080 g/mol. The maximum atomic E-state index is 6.55. The van der Waals surface area contributed by atoms with Crippen molar-refractivity contribution < 1.29 is 24.5 Å². The van der Waals surface area contributed by atoms with Crippen molar-refractivity contribution in [1.82, 2.24) is 19.5 Å². The van der Waals surface area contributed by atoms with Gasteiger partial charge in [-0.15, -0.1) is 89.5 Å². The molecule has 13 rings (SSSR count). The number of nitrogens with zero attached hydrogens (tertiary/aromatic N) is 4. The molecule has 0 fully saturated rings. The minimum absolute atomic E-state index is 0. The van der Waals surface area contributed by atoms with E-state index in [1.165, 1.54) is 38.8 Å². The second kappa shape index (κ2) is 22.1. The molecule has 0 N–H and O–H groups in total. The zero-order valence-corrected chi connectivity index (χ0v) is 43.0. The Hall–Kier alpha value is -8.54. The molecule has 13 aromatic rings. The number of hydrogen-bond donors (Lipinski definition) is 0. The predicted molar refractivity (Wildman–Crippen MR) is 298 cm³/mol. The van der Waals surface area contributed by atoms with Crippen molar-refractivity contribution in [3.8, 4) is 39.6 Å². The number of aromatic nitrogens is 4. The van der Waals surface area contributed by atoms with Gasteiger partial charge in [-0.2, -0.15) is 0 Å². The third-order valence-corrected chi connectivity index (χ3v) is 13.7. The van der Waals surface area contributed by atoms with Gasteiger partial charge in [-0.1, -0.05) is 150 Å². The number of fused-ring (bicyclic) bond motifs is 6. The first kappa shape index (κ1) is 47.8. The number of para-hydroxylation sites is 3. The van der Waals surface area contributed by atoms with Gasteiger partial charge in [0.25, 0.3) is 0 Å². The van der Waals surface area contributed by atoms with Gasteiger partial charge >= 0.3 is 20.1 Å².